The van der Waals surface area contributed by atoms with Crippen LogP contribution in [0.1, 0.15) is 16.8 Å². The Morgan fingerprint density at radius 3 is 2.50 bits per heavy atom. The van der Waals surface area contributed by atoms with Gasteiger partial charge in [-0.1, -0.05) is 6.07 Å². The van der Waals surface area contributed by atoms with Crippen molar-refractivity contribution < 1.29 is 0 Å². The topological polar surface area (TPSA) is 30.7 Å². The normalized spacial score (nSPS) is 10.5. The standard InChI is InChI=1S/C11H13N3/c1-8-4-9(2)11(12-5-8)14-6-10(3)13-7-14/h4-7H,1-3H3. The van der Waals surface area contributed by atoms with Crippen LogP contribution >= 0.6 is 0 Å². The van der Waals surface area contributed by atoms with Crippen LogP contribution in [0.5, 0.6) is 0 Å². The molecule has 0 radical (unpaired) electrons. The first-order valence-electron chi connectivity index (χ1n) is 4.61. The summed E-state index contributed by atoms with van der Waals surface area (Å²) >= 11 is 0. The Balaban J connectivity index is 2.52. The molecule has 14 heavy (non-hydrogen) atoms. The molecule has 2 aromatic heterocycles. The minimum absolute atomic E-state index is 0.955. The van der Waals surface area contributed by atoms with Gasteiger partial charge in [-0.25, -0.2) is 9.97 Å². The average Bonchev–Trinajstić information content (AvgIpc) is 2.51. The second kappa shape index (κ2) is 3.25. The summed E-state index contributed by atoms with van der Waals surface area (Å²) in [5, 5.41) is 0. The van der Waals surface area contributed by atoms with Gasteiger partial charge in [0.1, 0.15) is 12.1 Å². The Kier molecular flexibility index (Phi) is 2.08. The molecule has 0 N–H and O–H groups in total. The van der Waals surface area contributed by atoms with Gasteiger partial charge in [0.2, 0.25) is 0 Å². The smallest absolute Gasteiger partial charge is 0.140 e. The summed E-state index contributed by atoms with van der Waals surface area (Å²) < 4.78 is 1.95. The van der Waals surface area contributed by atoms with Crippen LogP contribution in [0.3, 0.4) is 0 Å². The third-order valence-corrected chi connectivity index (χ3v) is 2.14. The van der Waals surface area contributed by atoms with Gasteiger partial charge in [0, 0.05) is 12.4 Å². The van der Waals surface area contributed by atoms with Crippen molar-refractivity contribution in [2.45, 2.75) is 20.8 Å². The Bertz CT molecular complexity index is 457. The van der Waals surface area contributed by atoms with E-state index >= 15 is 0 Å². The SMILES string of the molecule is Cc1cnc(-n2cnc(C)c2)c(C)c1. The summed E-state index contributed by atoms with van der Waals surface area (Å²) in [7, 11) is 0. The predicted octanol–water partition coefficient (Wildman–Crippen LogP) is 2.19. The van der Waals surface area contributed by atoms with Crippen molar-refractivity contribution in [3.8, 4) is 5.82 Å². The lowest BCUT2D eigenvalue weighted by atomic mass is 10.2. The fourth-order valence-corrected chi connectivity index (χ4v) is 1.52. The van der Waals surface area contributed by atoms with E-state index in [1.807, 2.05) is 30.8 Å². The Labute approximate surface area is 83.4 Å². The number of aromatic nitrogens is 3. The van der Waals surface area contributed by atoms with E-state index in [-0.39, 0.29) is 0 Å². The van der Waals surface area contributed by atoms with E-state index in [1.54, 1.807) is 6.33 Å². The van der Waals surface area contributed by atoms with Crippen LogP contribution in [0.2, 0.25) is 0 Å². The van der Waals surface area contributed by atoms with Crippen LogP contribution in [0.4, 0.5) is 0 Å². The minimum atomic E-state index is 0.955. The highest BCUT2D eigenvalue weighted by Gasteiger charge is 2.02. The van der Waals surface area contributed by atoms with Gasteiger partial charge < -0.3 is 0 Å². The first-order chi connectivity index (χ1) is 6.66. The third kappa shape index (κ3) is 1.53. The molecule has 3 nitrogen and oxygen atoms in total. The van der Waals surface area contributed by atoms with E-state index in [9.17, 15) is 0 Å². The number of pyridine rings is 1. The number of nitrogens with zero attached hydrogens (tertiary/aromatic N) is 3. The Morgan fingerprint density at radius 2 is 1.93 bits per heavy atom. The lowest BCUT2D eigenvalue weighted by molar-refractivity contribution is 0.969. The summed E-state index contributed by atoms with van der Waals surface area (Å²) in [6, 6.07) is 2.12. The molecule has 0 aromatic carbocycles. The molecule has 0 saturated carbocycles. The molecule has 0 fully saturated rings. The molecular formula is C11H13N3. The molecule has 0 amide bonds. The van der Waals surface area contributed by atoms with Crippen molar-refractivity contribution in [1.29, 1.82) is 0 Å². The summed E-state index contributed by atoms with van der Waals surface area (Å²) in [5.74, 6) is 0.955. The first-order valence-corrected chi connectivity index (χ1v) is 4.61. The van der Waals surface area contributed by atoms with Crippen LogP contribution in [0.25, 0.3) is 5.82 Å². The summed E-state index contributed by atoms with van der Waals surface area (Å²) in [6.07, 6.45) is 5.64. The molecule has 0 aliphatic carbocycles. The molecule has 2 aromatic rings. The zero-order chi connectivity index (χ0) is 10.1. The van der Waals surface area contributed by atoms with Crippen molar-refractivity contribution in [2.24, 2.45) is 0 Å². The molecule has 0 aliphatic heterocycles. The summed E-state index contributed by atoms with van der Waals surface area (Å²) in [5.41, 5.74) is 3.36. The zero-order valence-corrected chi connectivity index (χ0v) is 8.65. The van der Waals surface area contributed by atoms with Gasteiger partial charge in [0.25, 0.3) is 0 Å². The number of aryl methyl sites for hydroxylation is 3. The molecule has 0 bridgehead atoms. The second-order valence-electron chi connectivity index (χ2n) is 3.58. The van der Waals surface area contributed by atoms with Crippen molar-refractivity contribution in [3.05, 3.63) is 41.6 Å². The van der Waals surface area contributed by atoms with E-state index in [0.29, 0.717) is 0 Å². The fraction of sp³-hybridized carbons (Fsp3) is 0.273. The van der Waals surface area contributed by atoms with Crippen LogP contribution < -0.4 is 0 Å². The van der Waals surface area contributed by atoms with Crippen LogP contribution in [-0.4, -0.2) is 14.5 Å². The molecule has 2 heterocycles. The lowest BCUT2D eigenvalue weighted by Crippen LogP contribution is -1.97. The average molecular weight is 187 g/mol. The maximum atomic E-state index is 4.38. The van der Waals surface area contributed by atoms with E-state index < -0.39 is 0 Å². The largest absolute Gasteiger partial charge is 0.290 e. The molecule has 2 rings (SSSR count). The van der Waals surface area contributed by atoms with Gasteiger partial charge >= 0.3 is 0 Å². The van der Waals surface area contributed by atoms with Gasteiger partial charge in [-0.2, -0.15) is 0 Å². The summed E-state index contributed by atoms with van der Waals surface area (Å²) in [6.45, 7) is 6.08. The van der Waals surface area contributed by atoms with Crippen molar-refractivity contribution >= 4 is 0 Å². The number of rotatable bonds is 1. The van der Waals surface area contributed by atoms with Gasteiger partial charge in [-0.15, -0.1) is 0 Å². The highest BCUT2D eigenvalue weighted by Crippen LogP contribution is 2.12. The van der Waals surface area contributed by atoms with Crippen molar-refractivity contribution in [1.82, 2.24) is 14.5 Å². The Hall–Kier alpha value is -1.64. The molecule has 72 valence electrons. The molecule has 0 aliphatic rings. The van der Waals surface area contributed by atoms with E-state index in [4.69, 9.17) is 0 Å². The second-order valence-corrected chi connectivity index (χ2v) is 3.58. The van der Waals surface area contributed by atoms with Gasteiger partial charge in [0.15, 0.2) is 0 Å². The maximum absolute atomic E-state index is 4.38. The van der Waals surface area contributed by atoms with E-state index in [1.165, 1.54) is 11.1 Å². The number of hydrogen-bond donors (Lipinski definition) is 0. The minimum Gasteiger partial charge on any atom is -0.290 e. The maximum Gasteiger partial charge on any atom is 0.140 e. The first kappa shape index (κ1) is 8.94. The van der Waals surface area contributed by atoms with Gasteiger partial charge in [-0.3, -0.25) is 4.57 Å². The lowest BCUT2D eigenvalue weighted by Gasteiger charge is -2.05. The van der Waals surface area contributed by atoms with Crippen LogP contribution in [-0.2, 0) is 0 Å². The van der Waals surface area contributed by atoms with Crippen LogP contribution in [0.15, 0.2) is 24.8 Å². The predicted molar refractivity (Wildman–Crippen MR) is 55.6 cm³/mol. The third-order valence-electron chi connectivity index (χ3n) is 2.14. The molecule has 0 saturated heterocycles. The molecule has 0 unspecified atom stereocenters. The number of imidazole rings is 1. The van der Waals surface area contributed by atoms with Crippen molar-refractivity contribution in [2.75, 3.05) is 0 Å². The zero-order valence-electron chi connectivity index (χ0n) is 8.65. The van der Waals surface area contributed by atoms with Crippen LogP contribution in [0, 0.1) is 20.8 Å². The Morgan fingerprint density at radius 1 is 1.14 bits per heavy atom. The molecular weight excluding hydrogens is 174 g/mol. The highest BCUT2D eigenvalue weighted by molar-refractivity contribution is 5.35. The summed E-state index contributed by atoms with van der Waals surface area (Å²) in [4.78, 5) is 8.56. The molecule has 0 spiro atoms. The molecule has 0 atom stereocenters. The quantitative estimate of drug-likeness (QED) is 0.685. The highest BCUT2D eigenvalue weighted by atomic mass is 15.1. The van der Waals surface area contributed by atoms with Gasteiger partial charge in [-0.05, 0) is 31.9 Å². The monoisotopic (exact) mass is 187 g/mol. The van der Waals surface area contributed by atoms with E-state index in [0.717, 1.165) is 11.5 Å². The van der Waals surface area contributed by atoms with Crippen molar-refractivity contribution in [3.63, 3.8) is 0 Å². The van der Waals surface area contributed by atoms with E-state index in [2.05, 4.69) is 23.0 Å². The number of hydrogen-bond acceptors (Lipinski definition) is 2. The fourth-order valence-electron chi connectivity index (χ4n) is 1.52. The van der Waals surface area contributed by atoms with Gasteiger partial charge in [0.05, 0.1) is 5.69 Å². The molecule has 3 heteroatoms.